The number of hydrogen-bond donors (Lipinski definition) is 0. The summed E-state index contributed by atoms with van der Waals surface area (Å²) in [5, 5.41) is 0.843. The van der Waals surface area contributed by atoms with E-state index in [-0.39, 0.29) is 0 Å². The van der Waals surface area contributed by atoms with Crippen LogP contribution in [0.1, 0.15) is 24.2 Å². The predicted molar refractivity (Wildman–Crippen MR) is 98.0 cm³/mol. The number of pyridine rings is 1. The highest BCUT2D eigenvalue weighted by molar-refractivity contribution is 7.98. The molecule has 3 heterocycles. The maximum absolute atomic E-state index is 5.98. The Morgan fingerprint density at radius 3 is 2.92 bits per heavy atom. The SMILES string of the molecule is CSc1nc(C)cc(N2CCCC(COc3ccnc(C)c3)C2)n1. The van der Waals surface area contributed by atoms with Gasteiger partial charge in [-0.25, -0.2) is 9.97 Å². The van der Waals surface area contributed by atoms with Crippen LogP contribution < -0.4 is 9.64 Å². The first-order chi connectivity index (χ1) is 11.6. The van der Waals surface area contributed by atoms with Crippen molar-refractivity contribution in [2.75, 3.05) is 30.9 Å². The number of ether oxygens (including phenoxy) is 1. The molecule has 0 aliphatic carbocycles. The Balaban J connectivity index is 1.63. The van der Waals surface area contributed by atoms with Crippen molar-refractivity contribution in [3.63, 3.8) is 0 Å². The number of anilines is 1. The first-order valence-corrected chi connectivity index (χ1v) is 9.56. The number of piperidine rings is 1. The molecule has 24 heavy (non-hydrogen) atoms. The van der Waals surface area contributed by atoms with Crippen LogP contribution in [0.3, 0.4) is 0 Å². The minimum atomic E-state index is 0.514. The van der Waals surface area contributed by atoms with Gasteiger partial charge in [-0.05, 0) is 39.0 Å². The van der Waals surface area contributed by atoms with Gasteiger partial charge in [-0.15, -0.1) is 0 Å². The van der Waals surface area contributed by atoms with Crippen molar-refractivity contribution in [3.05, 3.63) is 35.8 Å². The molecule has 2 aromatic heterocycles. The van der Waals surface area contributed by atoms with Crippen molar-refractivity contribution in [3.8, 4) is 5.75 Å². The molecular weight excluding hydrogens is 320 g/mol. The topological polar surface area (TPSA) is 51.1 Å². The van der Waals surface area contributed by atoms with Gasteiger partial charge in [0.25, 0.3) is 0 Å². The third kappa shape index (κ3) is 4.38. The van der Waals surface area contributed by atoms with Gasteiger partial charge >= 0.3 is 0 Å². The molecule has 1 aliphatic rings. The Bertz CT molecular complexity index is 694. The lowest BCUT2D eigenvalue weighted by Gasteiger charge is -2.33. The minimum absolute atomic E-state index is 0.514. The standard InChI is InChI=1S/C18H24N4OS/c1-13-9-16(6-7-19-13)23-12-15-5-4-8-22(11-15)17-10-14(2)20-18(21-17)24-3/h6-7,9-10,15H,4-5,8,11-12H2,1-3H3. The number of rotatable bonds is 5. The number of aromatic nitrogens is 3. The summed E-state index contributed by atoms with van der Waals surface area (Å²) >= 11 is 1.59. The summed E-state index contributed by atoms with van der Waals surface area (Å²) < 4.78 is 5.98. The molecule has 5 nitrogen and oxygen atoms in total. The Morgan fingerprint density at radius 2 is 2.12 bits per heavy atom. The molecule has 6 heteroatoms. The van der Waals surface area contributed by atoms with E-state index in [0.29, 0.717) is 5.92 Å². The monoisotopic (exact) mass is 344 g/mol. The number of nitrogens with zero attached hydrogens (tertiary/aromatic N) is 4. The highest BCUT2D eigenvalue weighted by Gasteiger charge is 2.22. The van der Waals surface area contributed by atoms with E-state index in [9.17, 15) is 0 Å². The van der Waals surface area contributed by atoms with Gasteiger partial charge in [-0.3, -0.25) is 4.98 Å². The van der Waals surface area contributed by atoms with Crippen molar-refractivity contribution in [2.45, 2.75) is 31.8 Å². The largest absolute Gasteiger partial charge is 0.493 e. The fourth-order valence-electron chi connectivity index (χ4n) is 3.01. The van der Waals surface area contributed by atoms with Crippen LogP contribution in [-0.4, -0.2) is 40.9 Å². The maximum Gasteiger partial charge on any atom is 0.189 e. The van der Waals surface area contributed by atoms with Crippen LogP contribution in [0, 0.1) is 19.8 Å². The highest BCUT2D eigenvalue weighted by atomic mass is 32.2. The van der Waals surface area contributed by atoms with Gasteiger partial charge in [-0.1, -0.05) is 11.8 Å². The fourth-order valence-corrected chi connectivity index (χ4v) is 3.43. The molecular formula is C18H24N4OS. The highest BCUT2D eigenvalue weighted by Crippen LogP contribution is 2.24. The molecule has 2 aromatic rings. The van der Waals surface area contributed by atoms with E-state index >= 15 is 0 Å². The van der Waals surface area contributed by atoms with E-state index in [2.05, 4.69) is 25.9 Å². The van der Waals surface area contributed by atoms with Gasteiger partial charge in [-0.2, -0.15) is 0 Å². The van der Waals surface area contributed by atoms with Crippen LogP contribution in [-0.2, 0) is 0 Å². The Morgan fingerprint density at radius 1 is 1.25 bits per heavy atom. The Kier molecular flexibility index (Phi) is 5.56. The normalized spacial score (nSPS) is 17.8. The second-order valence-electron chi connectivity index (χ2n) is 6.25. The summed E-state index contributed by atoms with van der Waals surface area (Å²) in [6.45, 7) is 6.78. The third-order valence-electron chi connectivity index (χ3n) is 4.20. The van der Waals surface area contributed by atoms with E-state index in [0.717, 1.165) is 47.8 Å². The molecule has 0 aromatic carbocycles. The first kappa shape index (κ1) is 17.0. The van der Waals surface area contributed by atoms with Gasteiger partial charge in [0, 0.05) is 48.7 Å². The molecule has 1 fully saturated rings. The summed E-state index contributed by atoms with van der Waals surface area (Å²) in [5.74, 6) is 2.46. The summed E-state index contributed by atoms with van der Waals surface area (Å²) in [4.78, 5) is 15.7. The number of thioether (sulfide) groups is 1. The molecule has 0 bridgehead atoms. The molecule has 0 amide bonds. The van der Waals surface area contributed by atoms with Crippen molar-refractivity contribution in [1.29, 1.82) is 0 Å². The van der Waals surface area contributed by atoms with Gasteiger partial charge in [0.2, 0.25) is 0 Å². The molecule has 1 unspecified atom stereocenters. The first-order valence-electron chi connectivity index (χ1n) is 8.34. The summed E-state index contributed by atoms with van der Waals surface area (Å²) in [7, 11) is 0. The lowest BCUT2D eigenvalue weighted by Crippen LogP contribution is -2.38. The van der Waals surface area contributed by atoms with Gasteiger partial charge < -0.3 is 9.64 Å². The molecule has 1 aliphatic heterocycles. The van der Waals surface area contributed by atoms with E-state index in [1.165, 1.54) is 12.8 Å². The zero-order valence-corrected chi connectivity index (χ0v) is 15.3. The smallest absolute Gasteiger partial charge is 0.189 e. The van der Waals surface area contributed by atoms with Crippen LogP contribution in [0.5, 0.6) is 5.75 Å². The Labute approximate surface area is 147 Å². The van der Waals surface area contributed by atoms with Crippen molar-refractivity contribution >= 4 is 17.6 Å². The van der Waals surface area contributed by atoms with Crippen LogP contribution >= 0.6 is 11.8 Å². The molecule has 1 saturated heterocycles. The van der Waals surface area contributed by atoms with Crippen molar-refractivity contribution in [2.24, 2.45) is 5.92 Å². The lowest BCUT2D eigenvalue weighted by molar-refractivity contribution is 0.228. The second kappa shape index (κ2) is 7.83. The van der Waals surface area contributed by atoms with Crippen LogP contribution in [0.2, 0.25) is 0 Å². The zero-order chi connectivity index (χ0) is 16.9. The predicted octanol–water partition coefficient (Wildman–Crippen LogP) is 3.51. The van der Waals surface area contributed by atoms with E-state index in [1.807, 2.05) is 32.2 Å². The van der Waals surface area contributed by atoms with E-state index in [4.69, 9.17) is 4.74 Å². The average molecular weight is 344 g/mol. The summed E-state index contributed by atoms with van der Waals surface area (Å²) in [6, 6.07) is 5.99. The van der Waals surface area contributed by atoms with Gasteiger partial charge in [0.1, 0.15) is 11.6 Å². The third-order valence-corrected chi connectivity index (χ3v) is 4.75. The van der Waals surface area contributed by atoms with E-state index in [1.54, 1.807) is 18.0 Å². The zero-order valence-electron chi connectivity index (χ0n) is 14.5. The maximum atomic E-state index is 5.98. The molecule has 0 saturated carbocycles. The fraction of sp³-hybridized carbons (Fsp3) is 0.500. The quantitative estimate of drug-likeness (QED) is 0.611. The van der Waals surface area contributed by atoms with Crippen LogP contribution in [0.4, 0.5) is 5.82 Å². The van der Waals surface area contributed by atoms with Gasteiger partial charge in [0.15, 0.2) is 5.16 Å². The van der Waals surface area contributed by atoms with Crippen molar-refractivity contribution in [1.82, 2.24) is 15.0 Å². The lowest BCUT2D eigenvalue weighted by atomic mass is 9.99. The summed E-state index contributed by atoms with van der Waals surface area (Å²) in [5.41, 5.74) is 2.01. The second-order valence-corrected chi connectivity index (χ2v) is 7.03. The molecule has 3 rings (SSSR count). The number of hydrogen-bond acceptors (Lipinski definition) is 6. The Hall–Kier alpha value is -1.82. The van der Waals surface area contributed by atoms with Crippen LogP contribution in [0.25, 0.3) is 0 Å². The molecule has 128 valence electrons. The van der Waals surface area contributed by atoms with Crippen molar-refractivity contribution < 1.29 is 4.74 Å². The molecule has 1 atom stereocenters. The van der Waals surface area contributed by atoms with E-state index < -0.39 is 0 Å². The minimum Gasteiger partial charge on any atom is -0.493 e. The summed E-state index contributed by atoms with van der Waals surface area (Å²) in [6.07, 6.45) is 6.18. The van der Waals surface area contributed by atoms with Crippen LogP contribution in [0.15, 0.2) is 29.6 Å². The van der Waals surface area contributed by atoms with Gasteiger partial charge in [0.05, 0.1) is 6.61 Å². The number of aryl methyl sites for hydroxylation is 2. The molecule has 0 radical (unpaired) electrons. The molecule has 0 N–H and O–H groups in total. The molecule has 0 spiro atoms. The average Bonchev–Trinajstić information content (AvgIpc) is 2.60.